The van der Waals surface area contributed by atoms with Crippen molar-refractivity contribution in [3.05, 3.63) is 35.9 Å². The predicted molar refractivity (Wildman–Crippen MR) is 163 cm³/mol. The number of nitrogens with two attached hydrogens (primary N) is 4. The lowest BCUT2D eigenvalue weighted by atomic mass is 9.91. The maximum Gasteiger partial charge on any atom is 0.240 e. The summed E-state index contributed by atoms with van der Waals surface area (Å²) < 4.78 is 5.49. The molecule has 0 radical (unpaired) electrons. The van der Waals surface area contributed by atoms with Gasteiger partial charge in [-0.3, -0.25) is 19.8 Å². The van der Waals surface area contributed by atoms with Crippen LogP contribution in [0, 0.1) is 11.3 Å². The maximum absolute atomic E-state index is 13.5. The van der Waals surface area contributed by atoms with E-state index in [1.54, 1.807) is 0 Å². The molecule has 0 aliphatic carbocycles. The van der Waals surface area contributed by atoms with Gasteiger partial charge >= 0.3 is 0 Å². The van der Waals surface area contributed by atoms with Crippen molar-refractivity contribution in [3.63, 3.8) is 0 Å². The molecule has 1 aromatic carbocycles. The fourth-order valence-electron chi connectivity index (χ4n) is 5.00. The molecule has 2 rings (SSSR count). The summed E-state index contributed by atoms with van der Waals surface area (Å²) in [6.07, 6.45) is 5.65. The fourth-order valence-corrected chi connectivity index (χ4v) is 5.00. The van der Waals surface area contributed by atoms with E-state index in [0.29, 0.717) is 71.4 Å². The Morgan fingerprint density at radius 3 is 2.31 bits per heavy atom. The molecular formula is C29H51N9O4. The molecule has 1 aromatic rings. The molecule has 0 saturated carbocycles. The Bertz CT molecular complexity index is 960. The first-order valence-electron chi connectivity index (χ1n) is 15.0. The number of unbranched alkanes of at least 4 members (excludes halogenated alkanes) is 1. The van der Waals surface area contributed by atoms with E-state index in [-0.39, 0.29) is 29.7 Å². The lowest BCUT2D eigenvalue weighted by molar-refractivity contribution is -0.129. The fraction of sp³-hybridized carbons (Fsp3) is 0.655. The van der Waals surface area contributed by atoms with Gasteiger partial charge in [0.2, 0.25) is 17.7 Å². The number of rotatable bonds is 20. The Balaban J connectivity index is 2.09. The van der Waals surface area contributed by atoms with Crippen molar-refractivity contribution < 1.29 is 19.1 Å². The van der Waals surface area contributed by atoms with Gasteiger partial charge in [-0.2, -0.15) is 0 Å². The Labute approximate surface area is 249 Å². The Morgan fingerprint density at radius 1 is 0.952 bits per heavy atom. The van der Waals surface area contributed by atoms with Crippen LogP contribution in [0.4, 0.5) is 0 Å². The molecule has 0 spiro atoms. The van der Waals surface area contributed by atoms with Crippen LogP contribution in [0.25, 0.3) is 0 Å². The first-order valence-corrected chi connectivity index (χ1v) is 15.0. The number of hydrogen-bond donors (Lipinski definition) is 9. The molecule has 0 bridgehead atoms. The molecule has 1 saturated heterocycles. The highest BCUT2D eigenvalue weighted by Gasteiger charge is 2.28. The van der Waals surface area contributed by atoms with Gasteiger partial charge in [0, 0.05) is 32.3 Å². The molecule has 3 amide bonds. The summed E-state index contributed by atoms with van der Waals surface area (Å²) >= 11 is 0. The van der Waals surface area contributed by atoms with E-state index >= 15 is 0 Å². The van der Waals surface area contributed by atoms with E-state index < -0.39 is 24.0 Å². The number of primary amides is 1. The average Bonchev–Trinajstić information content (AvgIpc) is 2.97. The van der Waals surface area contributed by atoms with E-state index in [4.69, 9.17) is 33.1 Å². The number of ether oxygens (including phenoxy) is 1. The molecule has 0 aromatic heterocycles. The van der Waals surface area contributed by atoms with Gasteiger partial charge in [0.15, 0.2) is 5.96 Å². The van der Waals surface area contributed by atoms with Crippen LogP contribution in [0.1, 0.15) is 56.9 Å². The Hall–Kier alpha value is -3.26. The Morgan fingerprint density at radius 2 is 1.67 bits per heavy atom. The van der Waals surface area contributed by atoms with Gasteiger partial charge in [0.25, 0.3) is 0 Å². The minimum atomic E-state index is -0.785. The third kappa shape index (κ3) is 14.1. The standard InChI is InChI=1S/C29H51N9O4/c30-13-5-4-10-24(26(32)39)38-28(41)25(18-21-11-15-42-16-12-21)36-19-22(9-6-14-35-29(33)34)37-27(40)23(31)17-20-7-2-1-3-8-20/h1-3,7-8,21-25,36H,4-6,9-19,30-31H2,(H2,32,39)(H,37,40)(H,38,41)(H4,33,34,35)/t22-,23+,24+,25+/m1/s1. The number of hydrogen-bond acceptors (Lipinski definition) is 8. The summed E-state index contributed by atoms with van der Waals surface area (Å²) in [6.45, 7) is 2.55. The van der Waals surface area contributed by atoms with Gasteiger partial charge in [0.05, 0.1) is 12.1 Å². The van der Waals surface area contributed by atoms with Crippen molar-refractivity contribution in [2.24, 2.45) is 28.9 Å². The van der Waals surface area contributed by atoms with Crippen LogP contribution in [-0.4, -0.2) is 80.7 Å². The van der Waals surface area contributed by atoms with Crippen LogP contribution in [0.2, 0.25) is 0 Å². The summed E-state index contributed by atoms with van der Waals surface area (Å²) in [6, 6.07) is 7.10. The molecule has 1 heterocycles. The highest BCUT2D eigenvalue weighted by atomic mass is 16.5. The molecule has 13 nitrogen and oxygen atoms in total. The summed E-state index contributed by atoms with van der Waals surface area (Å²) in [5.74, 6) is -1.02. The molecule has 13 N–H and O–H groups in total. The van der Waals surface area contributed by atoms with Crippen molar-refractivity contribution in [1.82, 2.24) is 21.3 Å². The lowest BCUT2D eigenvalue weighted by Gasteiger charge is -2.29. The van der Waals surface area contributed by atoms with Gasteiger partial charge in [0.1, 0.15) is 6.04 Å². The predicted octanol–water partition coefficient (Wildman–Crippen LogP) is -0.822. The van der Waals surface area contributed by atoms with Crippen LogP contribution >= 0.6 is 0 Å². The number of benzene rings is 1. The van der Waals surface area contributed by atoms with E-state index in [0.717, 1.165) is 24.8 Å². The van der Waals surface area contributed by atoms with Crippen molar-refractivity contribution in [2.45, 2.75) is 82.0 Å². The first kappa shape index (κ1) is 34.9. The van der Waals surface area contributed by atoms with Crippen LogP contribution in [0.3, 0.4) is 0 Å². The van der Waals surface area contributed by atoms with Crippen LogP contribution in [-0.2, 0) is 25.5 Å². The molecule has 1 aliphatic rings. The second-order valence-electron chi connectivity index (χ2n) is 11.0. The number of amides is 3. The number of carbonyl (C=O) groups excluding carboxylic acids is 3. The quantitative estimate of drug-likeness (QED) is 0.0524. The highest BCUT2D eigenvalue weighted by molar-refractivity contribution is 5.89. The minimum absolute atomic E-state index is 0.123. The average molecular weight is 590 g/mol. The van der Waals surface area contributed by atoms with Gasteiger partial charge in [-0.15, -0.1) is 0 Å². The zero-order chi connectivity index (χ0) is 30.7. The summed E-state index contributed by atoms with van der Waals surface area (Å²) in [7, 11) is 0. The molecule has 4 atom stereocenters. The largest absolute Gasteiger partial charge is 0.381 e. The number of nitrogens with one attached hydrogen (secondary N) is 5. The van der Waals surface area contributed by atoms with E-state index in [1.165, 1.54) is 0 Å². The van der Waals surface area contributed by atoms with Crippen molar-refractivity contribution in [3.8, 4) is 0 Å². The zero-order valence-electron chi connectivity index (χ0n) is 24.6. The van der Waals surface area contributed by atoms with E-state index in [1.807, 2.05) is 30.3 Å². The maximum atomic E-state index is 13.5. The van der Waals surface area contributed by atoms with E-state index in [9.17, 15) is 14.4 Å². The summed E-state index contributed by atoms with van der Waals surface area (Å²) in [5, 5.41) is 19.4. The van der Waals surface area contributed by atoms with E-state index in [2.05, 4.69) is 21.3 Å². The van der Waals surface area contributed by atoms with Crippen LogP contribution < -0.4 is 44.2 Å². The Kier molecular flexibility index (Phi) is 16.5. The topological polar surface area (TPSA) is 236 Å². The second kappa shape index (κ2) is 19.8. The van der Waals surface area contributed by atoms with Crippen LogP contribution in [0.5, 0.6) is 0 Å². The van der Waals surface area contributed by atoms with Crippen LogP contribution in [0.15, 0.2) is 30.3 Å². The molecule has 1 aliphatic heterocycles. The third-order valence-electron chi connectivity index (χ3n) is 7.47. The van der Waals surface area contributed by atoms with Gasteiger partial charge < -0.3 is 48.9 Å². The molecular weight excluding hydrogens is 538 g/mol. The minimum Gasteiger partial charge on any atom is -0.381 e. The lowest BCUT2D eigenvalue weighted by Crippen LogP contribution is -2.55. The SMILES string of the molecule is N=C(N)NCCC[C@H](CN[C@@H](CC1CCOCC1)C(=O)N[C@@H](CCCCN)C(N)=O)NC(=O)[C@@H](N)Cc1ccccc1. The normalized spacial score (nSPS) is 16.5. The molecule has 1 fully saturated rings. The van der Waals surface area contributed by atoms with Gasteiger partial charge in [-0.05, 0) is 75.8 Å². The van der Waals surface area contributed by atoms with Gasteiger partial charge in [-0.25, -0.2) is 0 Å². The number of carbonyl (C=O) groups is 3. The zero-order valence-corrected chi connectivity index (χ0v) is 24.6. The molecule has 13 heteroatoms. The smallest absolute Gasteiger partial charge is 0.240 e. The molecule has 42 heavy (non-hydrogen) atoms. The second-order valence-corrected chi connectivity index (χ2v) is 11.0. The first-order chi connectivity index (χ1) is 20.2. The van der Waals surface area contributed by atoms with Gasteiger partial charge in [-0.1, -0.05) is 30.3 Å². The van der Waals surface area contributed by atoms with Crippen molar-refractivity contribution >= 4 is 23.7 Å². The monoisotopic (exact) mass is 589 g/mol. The summed E-state index contributed by atoms with van der Waals surface area (Å²) in [4.78, 5) is 38.6. The molecule has 0 unspecified atom stereocenters. The summed E-state index contributed by atoms with van der Waals surface area (Å²) in [5.41, 5.74) is 23.8. The number of guanidine groups is 1. The van der Waals surface area contributed by atoms with Crippen molar-refractivity contribution in [1.29, 1.82) is 5.41 Å². The van der Waals surface area contributed by atoms with Crippen molar-refractivity contribution in [2.75, 3.05) is 32.8 Å². The highest BCUT2D eigenvalue weighted by Crippen LogP contribution is 2.20. The third-order valence-corrected chi connectivity index (χ3v) is 7.47. The molecule has 236 valence electrons.